The molecule has 0 spiro atoms. The van der Waals surface area contributed by atoms with Crippen LogP contribution in [-0.4, -0.2) is 29.5 Å². The monoisotopic (exact) mass is 341 g/mol. The summed E-state index contributed by atoms with van der Waals surface area (Å²) in [6.07, 6.45) is 1.23. The second kappa shape index (κ2) is 5.75. The Labute approximate surface area is 132 Å². The third-order valence-electron chi connectivity index (χ3n) is 2.81. The van der Waals surface area contributed by atoms with Crippen LogP contribution in [0, 0.1) is 6.92 Å². The van der Waals surface area contributed by atoms with Crippen LogP contribution in [0.3, 0.4) is 0 Å². The second-order valence-corrected chi connectivity index (χ2v) is 7.69. The molecular weight excluding hydrogens is 326 g/mol. The van der Waals surface area contributed by atoms with Gasteiger partial charge in [0.25, 0.3) is 0 Å². The van der Waals surface area contributed by atoms with Crippen molar-refractivity contribution in [2.75, 3.05) is 0 Å². The van der Waals surface area contributed by atoms with E-state index in [2.05, 4.69) is 14.7 Å². The molecule has 7 nitrogen and oxygen atoms in total. The molecule has 2 aromatic heterocycles. The van der Waals surface area contributed by atoms with E-state index in [1.165, 1.54) is 29.7 Å². The molecule has 2 aromatic rings. The van der Waals surface area contributed by atoms with Crippen LogP contribution in [0.2, 0.25) is 0 Å². The Morgan fingerprint density at radius 1 is 1.41 bits per heavy atom. The molecule has 0 aromatic carbocycles. The second-order valence-electron chi connectivity index (χ2n) is 5.18. The van der Waals surface area contributed by atoms with E-state index >= 15 is 0 Å². The number of hydrogen-bond donors (Lipinski definition) is 2. The normalized spacial score (nSPS) is 12.3. The van der Waals surface area contributed by atoms with Gasteiger partial charge >= 0.3 is 5.97 Å². The van der Waals surface area contributed by atoms with Crippen molar-refractivity contribution in [1.82, 2.24) is 14.7 Å². The summed E-state index contributed by atoms with van der Waals surface area (Å²) < 4.78 is 27.5. The standard InChI is InChI=1S/C13H15N3O4S2/c1-8-7-21-12(15-8)13(2,3)16-22(19,20)9-5-4-6-14-10(9)11(17)18/h4-7,16H,1-3H3,(H,17,18). The van der Waals surface area contributed by atoms with Crippen LogP contribution in [0.4, 0.5) is 0 Å². The minimum atomic E-state index is -4.06. The number of aryl methyl sites for hydroxylation is 1. The van der Waals surface area contributed by atoms with Gasteiger partial charge in [0.15, 0.2) is 5.69 Å². The van der Waals surface area contributed by atoms with Gasteiger partial charge in [-0.05, 0) is 32.9 Å². The topological polar surface area (TPSA) is 109 Å². The van der Waals surface area contributed by atoms with E-state index < -0.39 is 27.2 Å². The zero-order chi connectivity index (χ0) is 16.5. The van der Waals surface area contributed by atoms with Crippen molar-refractivity contribution in [2.24, 2.45) is 0 Å². The molecule has 2 rings (SSSR count). The molecule has 0 saturated carbocycles. The number of carbonyl (C=O) groups is 1. The molecular formula is C13H15N3O4S2. The molecule has 2 heterocycles. The number of hydrogen-bond acceptors (Lipinski definition) is 6. The molecule has 0 aliphatic carbocycles. The van der Waals surface area contributed by atoms with Gasteiger partial charge < -0.3 is 5.11 Å². The third kappa shape index (κ3) is 3.32. The molecule has 0 fully saturated rings. The molecule has 0 unspecified atom stereocenters. The first-order chi connectivity index (χ1) is 10.1. The number of pyridine rings is 1. The number of carboxylic acids is 1. The van der Waals surface area contributed by atoms with Crippen LogP contribution < -0.4 is 4.72 Å². The Morgan fingerprint density at radius 2 is 2.09 bits per heavy atom. The minimum absolute atomic E-state index is 0.371. The highest BCUT2D eigenvalue weighted by molar-refractivity contribution is 7.89. The number of carboxylic acid groups (broad SMARTS) is 1. The molecule has 0 bridgehead atoms. The van der Waals surface area contributed by atoms with Crippen LogP contribution in [0.15, 0.2) is 28.6 Å². The van der Waals surface area contributed by atoms with Gasteiger partial charge in [-0.15, -0.1) is 11.3 Å². The third-order valence-corrected chi connectivity index (χ3v) is 5.78. The molecule has 0 amide bonds. The van der Waals surface area contributed by atoms with Gasteiger partial charge in [-0.25, -0.2) is 23.2 Å². The van der Waals surface area contributed by atoms with Gasteiger partial charge in [-0.1, -0.05) is 0 Å². The highest BCUT2D eigenvalue weighted by atomic mass is 32.2. The lowest BCUT2D eigenvalue weighted by Crippen LogP contribution is -2.41. The Morgan fingerprint density at radius 3 is 2.64 bits per heavy atom. The van der Waals surface area contributed by atoms with Crippen LogP contribution in [-0.2, 0) is 15.6 Å². The van der Waals surface area contributed by atoms with Gasteiger partial charge in [0.2, 0.25) is 10.0 Å². The van der Waals surface area contributed by atoms with E-state index in [4.69, 9.17) is 5.11 Å². The molecule has 9 heteroatoms. The van der Waals surface area contributed by atoms with Crippen molar-refractivity contribution in [3.8, 4) is 0 Å². The molecule has 0 saturated heterocycles. The fourth-order valence-electron chi connectivity index (χ4n) is 1.84. The number of aromatic nitrogens is 2. The summed E-state index contributed by atoms with van der Waals surface area (Å²) in [5, 5.41) is 11.5. The maximum Gasteiger partial charge on any atom is 0.355 e. The number of thiazole rings is 1. The average Bonchev–Trinajstić information content (AvgIpc) is 2.85. The highest BCUT2D eigenvalue weighted by Crippen LogP contribution is 2.26. The summed E-state index contributed by atoms with van der Waals surface area (Å²) in [7, 11) is -4.06. The van der Waals surface area contributed by atoms with E-state index in [0.29, 0.717) is 5.01 Å². The van der Waals surface area contributed by atoms with Crippen molar-refractivity contribution in [3.05, 3.63) is 40.1 Å². The Hall–Kier alpha value is -1.84. The summed E-state index contributed by atoms with van der Waals surface area (Å²) in [4.78, 5) is 18.7. The number of rotatable bonds is 5. The van der Waals surface area contributed by atoms with Crippen LogP contribution in [0.5, 0.6) is 0 Å². The van der Waals surface area contributed by atoms with E-state index in [0.717, 1.165) is 5.69 Å². The lowest BCUT2D eigenvalue weighted by molar-refractivity contribution is 0.0685. The van der Waals surface area contributed by atoms with Crippen LogP contribution in [0.25, 0.3) is 0 Å². The number of sulfonamides is 1. The largest absolute Gasteiger partial charge is 0.476 e. The first-order valence-electron chi connectivity index (χ1n) is 6.28. The SMILES string of the molecule is Cc1csc(C(C)(C)NS(=O)(=O)c2cccnc2C(=O)O)n1. The van der Waals surface area contributed by atoms with Gasteiger partial charge in [0.1, 0.15) is 9.90 Å². The Kier molecular flexibility index (Phi) is 4.32. The maximum absolute atomic E-state index is 12.5. The van der Waals surface area contributed by atoms with Gasteiger partial charge in [-0.2, -0.15) is 4.72 Å². The predicted octanol–water partition coefficient (Wildman–Crippen LogP) is 1.76. The summed E-state index contributed by atoms with van der Waals surface area (Å²) in [5.74, 6) is -1.40. The molecule has 0 aliphatic rings. The van der Waals surface area contributed by atoms with E-state index in [9.17, 15) is 13.2 Å². The van der Waals surface area contributed by atoms with E-state index in [1.54, 1.807) is 13.8 Å². The average molecular weight is 341 g/mol. The minimum Gasteiger partial charge on any atom is -0.476 e. The Bertz CT molecular complexity index is 812. The van der Waals surface area contributed by atoms with Crippen LogP contribution >= 0.6 is 11.3 Å². The fraction of sp³-hybridized carbons (Fsp3) is 0.308. The van der Waals surface area contributed by atoms with Crippen molar-refractivity contribution in [1.29, 1.82) is 0 Å². The van der Waals surface area contributed by atoms with E-state index in [-0.39, 0.29) is 4.90 Å². The molecule has 0 radical (unpaired) electrons. The lowest BCUT2D eigenvalue weighted by Gasteiger charge is -2.23. The lowest BCUT2D eigenvalue weighted by atomic mass is 10.1. The summed E-state index contributed by atoms with van der Waals surface area (Å²) in [5.41, 5.74) is -0.690. The van der Waals surface area contributed by atoms with Gasteiger partial charge in [0, 0.05) is 17.3 Å². The summed E-state index contributed by atoms with van der Waals surface area (Å²) in [6, 6.07) is 2.59. The number of nitrogens with one attached hydrogen (secondary N) is 1. The number of aromatic carboxylic acids is 1. The first-order valence-corrected chi connectivity index (χ1v) is 8.64. The Balaban J connectivity index is 2.42. The van der Waals surface area contributed by atoms with Crippen molar-refractivity contribution in [3.63, 3.8) is 0 Å². The van der Waals surface area contributed by atoms with E-state index in [1.807, 2.05) is 12.3 Å². The predicted molar refractivity (Wildman–Crippen MR) is 81.4 cm³/mol. The number of nitrogens with zero attached hydrogens (tertiary/aromatic N) is 2. The maximum atomic E-state index is 12.5. The van der Waals surface area contributed by atoms with Gasteiger partial charge in [0.05, 0.1) is 5.54 Å². The highest BCUT2D eigenvalue weighted by Gasteiger charge is 2.33. The fourth-order valence-corrected chi connectivity index (χ4v) is 4.32. The van der Waals surface area contributed by atoms with Crippen molar-refractivity contribution in [2.45, 2.75) is 31.2 Å². The zero-order valence-electron chi connectivity index (χ0n) is 12.2. The summed E-state index contributed by atoms with van der Waals surface area (Å²) in [6.45, 7) is 5.15. The van der Waals surface area contributed by atoms with Gasteiger partial charge in [-0.3, -0.25) is 0 Å². The zero-order valence-corrected chi connectivity index (χ0v) is 13.8. The van der Waals surface area contributed by atoms with Crippen molar-refractivity contribution >= 4 is 27.3 Å². The summed E-state index contributed by atoms with van der Waals surface area (Å²) >= 11 is 1.33. The smallest absolute Gasteiger partial charge is 0.355 e. The quantitative estimate of drug-likeness (QED) is 0.857. The molecule has 118 valence electrons. The molecule has 2 N–H and O–H groups in total. The molecule has 22 heavy (non-hydrogen) atoms. The molecule has 0 aliphatic heterocycles. The van der Waals surface area contributed by atoms with Crippen molar-refractivity contribution < 1.29 is 18.3 Å². The molecule has 0 atom stereocenters. The van der Waals surface area contributed by atoms with Crippen LogP contribution in [0.1, 0.15) is 35.0 Å². The first kappa shape index (κ1) is 16.5.